The summed E-state index contributed by atoms with van der Waals surface area (Å²) >= 11 is 1.32. The normalized spacial score (nSPS) is 18.5. The molecule has 1 aliphatic rings. The Morgan fingerprint density at radius 2 is 1.95 bits per heavy atom. The Morgan fingerprint density at radius 1 is 1.16 bits per heavy atom. The molecule has 0 aromatic heterocycles. The van der Waals surface area contributed by atoms with E-state index in [0.29, 0.717) is 5.56 Å². The lowest BCUT2D eigenvalue weighted by Gasteiger charge is -2.12. The highest BCUT2D eigenvalue weighted by Crippen LogP contribution is 2.40. The Kier molecular flexibility index (Phi) is 3.38. The Balaban J connectivity index is 1.85. The molecule has 1 heterocycles. The lowest BCUT2D eigenvalue weighted by atomic mass is 10.2. The summed E-state index contributed by atoms with van der Waals surface area (Å²) < 4.78 is 40.2. The fraction of sp³-hybridized carbons (Fsp3) is 0.0769. The number of hydrogen-bond donors (Lipinski definition) is 0. The van der Waals surface area contributed by atoms with Crippen LogP contribution in [0.3, 0.4) is 0 Å². The third kappa shape index (κ3) is 2.43. The molecule has 0 saturated heterocycles. The molecule has 19 heavy (non-hydrogen) atoms. The largest absolute Gasteiger partial charge is 0.236 e. The molecule has 2 aromatic rings. The summed E-state index contributed by atoms with van der Waals surface area (Å²) in [4.78, 5) is 1.64. The van der Waals surface area contributed by atoms with E-state index in [1.165, 1.54) is 24.1 Å². The summed E-state index contributed by atoms with van der Waals surface area (Å²) in [6.07, 6.45) is 0. The number of nitrogens with zero attached hydrogens (tertiary/aromatic N) is 1. The highest BCUT2D eigenvalue weighted by Gasteiger charge is 2.28. The van der Waals surface area contributed by atoms with E-state index in [1.807, 2.05) is 18.2 Å². The molecule has 6 heteroatoms. The lowest BCUT2D eigenvalue weighted by molar-refractivity contribution is 0.556. The van der Waals surface area contributed by atoms with Crippen molar-refractivity contribution in [1.29, 1.82) is 0 Å². The molecule has 2 nitrogen and oxygen atoms in total. The third-order valence-corrected chi connectivity index (χ3v) is 5.61. The first-order chi connectivity index (χ1) is 9.15. The van der Waals surface area contributed by atoms with Gasteiger partial charge in [-0.1, -0.05) is 18.2 Å². The Hall–Kier alpha value is -1.24. The van der Waals surface area contributed by atoms with Crippen LogP contribution in [-0.4, -0.2) is 7.92 Å². The van der Waals surface area contributed by atoms with Gasteiger partial charge >= 0.3 is 0 Å². The minimum absolute atomic E-state index is 0.165. The van der Waals surface area contributed by atoms with E-state index in [0.717, 1.165) is 15.9 Å². The van der Waals surface area contributed by atoms with Gasteiger partial charge in [0.2, 0.25) is 0 Å². The lowest BCUT2D eigenvalue weighted by Crippen LogP contribution is -2.14. The van der Waals surface area contributed by atoms with Gasteiger partial charge in [-0.3, -0.25) is 0 Å². The van der Waals surface area contributed by atoms with E-state index in [2.05, 4.69) is 0 Å². The molecule has 0 N–H and O–H groups in total. The number of benzene rings is 2. The van der Waals surface area contributed by atoms with Crippen molar-refractivity contribution in [2.45, 2.75) is 16.3 Å². The predicted molar refractivity (Wildman–Crippen MR) is 70.6 cm³/mol. The molecule has 3 rings (SSSR count). The maximum atomic E-state index is 13.6. The Bertz CT molecular complexity index is 663. The zero-order chi connectivity index (χ0) is 13.4. The van der Waals surface area contributed by atoms with Gasteiger partial charge in [0, 0.05) is 16.5 Å². The average molecular weight is 297 g/mol. The van der Waals surface area contributed by atoms with Crippen molar-refractivity contribution in [3.63, 3.8) is 0 Å². The van der Waals surface area contributed by atoms with E-state index in [4.69, 9.17) is 0 Å². The second kappa shape index (κ2) is 5.03. The highest BCUT2D eigenvalue weighted by molar-refractivity contribution is 8.08. The number of fused-ring (bicyclic) bond motifs is 1. The first-order valence-corrected chi connectivity index (χ1v) is 7.43. The summed E-state index contributed by atoms with van der Waals surface area (Å²) in [7, 11) is -1.31. The monoisotopic (exact) mass is 297 g/mol. The molecule has 1 atom stereocenters. The van der Waals surface area contributed by atoms with Crippen molar-refractivity contribution < 1.29 is 13.0 Å². The maximum absolute atomic E-state index is 13.6. The van der Waals surface area contributed by atoms with Crippen molar-refractivity contribution in [1.82, 2.24) is 3.71 Å². The first kappa shape index (κ1) is 12.8. The van der Waals surface area contributed by atoms with Crippen LogP contribution in [0.25, 0.3) is 0 Å². The molecule has 0 radical (unpaired) electrons. The highest BCUT2D eigenvalue weighted by atomic mass is 32.2. The van der Waals surface area contributed by atoms with Gasteiger partial charge in [0.25, 0.3) is 0 Å². The van der Waals surface area contributed by atoms with Crippen LogP contribution < -0.4 is 0 Å². The predicted octanol–water partition coefficient (Wildman–Crippen LogP) is 3.51. The number of halogens is 2. The van der Waals surface area contributed by atoms with Crippen molar-refractivity contribution in [3.8, 4) is 0 Å². The van der Waals surface area contributed by atoms with Crippen LogP contribution in [0, 0.1) is 11.6 Å². The summed E-state index contributed by atoms with van der Waals surface area (Å²) in [5, 5.41) is 0. The molecule has 0 fully saturated rings. The van der Waals surface area contributed by atoms with Gasteiger partial charge in [0.05, 0.1) is 11.4 Å². The molecule has 1 unspecified atom stereocenters. The van der Waals surface area contributed by atoms with Crippen LogP contribution in [-0.2, 0) is 17.5 Å². The molecule has 0 aliphatic carbocycles. The topological polar surface area (TPSA) is 20.3 Å². The van der Waals surface area contributed by atoms with Gasteiger partial charge < -0.3 is 0 Å². The molecule has 0 bridgehead atoms. The van der Waals surface area contributed by atoms with Crippen LogP contribution in [0.15, 0.2) is 52.3 Å². The van der Waals surface area contributed by atoms with Crippen LogP contribution in [0.2, 0.25) is 0 Å². The molecule has 2 aromatic carbocycles. The van der Waals surface area contributed by atoms with Crippen molar-refractivity contribution in [2.75, 3.05) is 0 Å². The second-order valence-corrected chi connectivity index (χ2v) is 6.69. The quantitative estimate of drug-likeness (QED) is 0.791. The summed E-state index contributed by atoms with van der Waals surface area (Å²) in [5.41, 5.74) is 0.329. The SMILES string of the molecule is O=S1c2ccccc2SN1Cc1ccc(F)cc1F. The van der Waals surface area contributed by atoms with E-state index >= 15 is 0 Å². The summed E-state index contributed by atoms with van der Waals surface area (Å²) in [6, 6.07) is 10.8. The van der Waals surface area contributed by atoms with Crippen LogP contribution in [0.1, 0.15) is 5.56 Å². The van der Waals surface area contributed by atoms with Gasteiger partial charge in [-0.2, -0.15) is 3.71 Å². The maximum Gasteiger partial charge on any atom is 0.139 e. The van der Waals surface area contributed by atoms with Gasteiger partial charge in [-0.05, 0) is 30.1 Å². The van der Waals surface area contributed by atoms with E-state index in [9.17, 15) is 13.0 Å². The zero-order valence-corrected chi connectivity index (χ0v) is 11.3. The third-order valence-electron chi connectivity index (χ3n) is 2.74. The second-order valence-electron chi connectivity index (χ2n) is 4.01. The van der Waals surface area contributed by atoms with Gasteiger partial charge in [0.15, 0.2) is 0 Å². The van der Waals surface area contributed by atoms with Crippen molar-refractivity contribution >= 4 is 22.9 Å². The summed E-state index contributed by atoms with van der Waals surface area (Å²) in [6.45, 7) is 0.165. The minimum atomic E-state index is -1.31. The number of rotatable bonds is 2. The fourth-order valence-electron chi connectivity index (χ4n) is 1.80. The van der Waals surface area contributed by atoms with Crippen molar-refractivity contribution in [3.05, 3.63) is 59.7 Å². The molecule has 0 spiro atoms. The molecule has 98 valence electrons. The van der Waals surface area contributed by atoms with Crippen molar-refractivity contribution in [2.24, 2.45) is 0 Å². The van der Waals surface area contributed by atoms with Crippen LogP contribution >= 0.6 is 11.9 Å². The standard InChI is InChI=1S/C13H9F2NOS2/c14-10-6-5-9(11(15)7-10)8-16-18-12-3-1-2-4-13(12)19(16)17/h1-7H,8H2. The molecular weight excluding hydrogens is 288 g/mol. The Morgan fingerprint density at radius 3 is 2.68 bits per heavy atom. The number of hydrogen-bond acceptors (Lipinski definition) is 2. The van der Waals surface area contributed by atoms with Crippen LogP contribution in [0.5, 0.6) is 0 Å². The first-order valence-electron chi connectivity index (χ1n) is 5.55. The zero-order valence-electron chi connectivity index (χ0n) is 9.68. The Labute approximate surface area is 116 Å². The van der Waals surface area contributed by atoms with Gasteiger partial charge in [0.1, 0.15) is 22.6 Å². The van der Waals surface area contributed by atoms with E-state index in [-0.39, 0.29) is 6.54 Å². The molecular formula is C13H9F2NOS2. The molecule has 0 saturated carbocycles. The summed E-state index contributed by atoms with van der Waals surface area (Å²) in [5.74, 6) is -1.23. The fourth-order valence-corrected chi connectivity index (χ4v) is 4.51. The smallest absolute Gasteiger partial charge is 0.139 e. The molecule has 1 aliphatic heterocycles. The van der Waals surface area contributed by atoms with Gasteiger partial charge in [-0.25, -0.2) is 13.0 Å². The van der Waals surface area contributed by atoms with E-state index in [1.54, 1.807) is 9.78 Å². The average Bonchev–Trinajstić information content (AvgIpc) is 2.70. The minimum Gasteiger partial charge on any atom is -0.236 e. The van der Waals surface area contributed by atoms with Gasteiger partial charge in [-0.15, -0.1) is 0 Å². The van der Waals surface area contributed by atoms with Crippen LogP contribution in [0.4, 0.5) is 8.78 Å². The molecule has 0 amide bonds. The van der Waals surface area contributed by atoms with E-state index < -0.39 is 22.6 Å².